The van der Waals surface area contributed by atoms with Crippen molar-refractivity contribution in [3.63, 3.8) is 0 Å². The SMILES string of the molecule is Cc1cc(C(=O)O)c2cnn(-c3ccc(F)cc3)c2c1.Cc1ccc(CNS(N)(=O)=O)cc1. The van der Waals surface area contributed by atoms with E-state index in [1.54, 1.807) is 22.9 Å². The van der Waals surface area contributed by atoms with E-state index in [-0.39, 0.29) is 17.9 Å². The number of rotatable bonds is 5. The minimum Gasteiger partial charge on any atom is -0.478 e. The largest absolute Gasteiger partial charge is 0.478 e. The summed E-state index contributed by atoms with van der Waals surface area (Å²) >= 11 is 0. The molecule has 0 saturated heterocycles. The van der Waals surface area contributed by atoms with E-state index in [4.69, 9.17) is 5.14 Å². The van der Waals surface area contributed by atoms with Gasteiger partial charge in [-0.15, -0.1) is 0 Å². The number of nitrogens with zero attached hydrogens (tertiary/aromatic N) is 2. The van der Waals surface area contributed by atoms with E-state index in [2.05, 4.69) is 9.82 Å². The minimum atomic E-state index is -3.58. The van der Waals surface area contributed by atoms with E-state index in [0.717, 1.165) is 16.7 Å². The third-order valence-corrected chi connectivity index (χ3v) is 5.28. The highest BCUT2D eigenvalue weighted by Gasteiger charge is 2.14. The molecule has 8 nitrogen and oxygen atoms in total. The molecule has 0 aliphatic rings. The van der Waals surface area contributed by atoms with Crippen molar-refractivity contribution in [3.05, 3.63) is 94.9 Å². The number of carbonyl (C=O) groups is 1. The van der Waals surface area contributed by atoms with Crippen molar-refractivity contribution < 1.29 is 22.7 Å². The van der Waals surface area contributed by atoms with Crippen molar-refractivity contribution in [2.24, 2.45) is 5.14 Å². The summed E-state index contributed by atoms with van der Waals surface area (Å²) in [7, 11) is -3.58. The molecule has 3 aromatic carbocycles. The molecule has 10 heteroatoms. The average molecular weight is 471 g/mol. The molecule has 0 saturated carbocycles. The number of fused-ring (bicyclic) bond motifs is 1. The smallest absolute Gasteiger partial charge is 0.336 e. The number of nitrogens with two attached hydrogens (primary N) is 1. The van der Waals surface area contributed by atoms with Crippen LogP contribution in [-0.2, 0) is 16.8 Å². The number of carboxylic acids is 1. The predicted molar refractivity (Wildman–Crippen MR) is 124 cm³/mol. The van der Waals surface area contributed by atoms with Crippen molar-refractivity contribution in [1.82, 2.24) is 14.5 Å². The fraction of sp³-hybridized carbons (Fsp3) is 0.130. The molecule has 0 aliphatic heterocycles. The van der Waals surface area contributed by atoms with Crippen LogP contribution in [0.15, 0.2) is 66.9 Å². The van der Waals surface area contributed by atoms with Gasteiger partial charge in [-0.3, -0.25) is 0 Å². The number of aryl methyl sites for hydroxylation is 2. The third kappa shape index (κ3) is 6.45. The predicted octanol–water partition coefficient (Wildman–Crippen LogP) is 3.46. The van der Waals surface area contributed by atoms with E-state index in [0.29, 0.717) is 16.6 Å². The number of nitrogens with one attached hydrogen (secondary N) is 1. The molecule has 1 heterocycles. The zero-order chi connectivity index (χ0) is 24.2. The number of aromatic carboxylic acids is 1. The van der Waals surface area contributed by atoms with Crippen molar-refractivity contribution >= 4 is 27.1 Å². The Bertz CT molecular complexity index is 1380. The molecule has 33 heavy (non-hydrogen) atoms. The van der Waals surface area contributed by atoms with Crippen LogP contribution in [0.25, 0.3) is 16.6 Å². The molecule has 172 valence electrons. The normalized spacial score (nSPS) is 11.2. The van der Waals surface area contributed by atoms with E-state index in [9.17, 15) is 22.7 Å². The number of hydrogen-bond acceptors (Lipinski definition) is 4. The fourth-order valence-corrected chi connectivity index (χ4v) is 3.49. The van der Waals surface area contributed by atoms with Crippen LogP contribution in [0.4, 0.5) is 4.39 Å². The number of carboxylic acid groups (broad SMARTS) is 1. The second-order valence-electron chi connectivity index (χ2n) is 7.43. The maximum Gasteiger partial charge on any atom is 0.336 e. The van der Waals surface area contributed by atoms with Gasteiger partial charge < -0.3 is 5.11 Å². The lowest BCUT2D eigenvalue weighted by Gasteiger charge is -2.05. The Kier molecular flexibility index (Phi) is 7.22. The Morgan fingerprint density at radius 2 is 1.70 bits per heavy atom. The van der Waals surface area contributed by atoms with Crippen molar-refractivity contribution in [3.8, 4) is 5.69 Å². The van der Waals surface area contributed by atoms with Crippen LogP contribution in [-0.4, -0.2) is 29.3 Å². The van der Waals surface area contributed by atoms with Gasteiger partial charge in [0.05, 0.1) is 23.0 Å². The summed E-state index contributed by atoms with van der Waals surface area (Å²) in [5.74, 6) is -1.31. The number of hydrogen-bond donors (Lipinski definition) is 3. The van der Waals surface area contributed by atoms with Gasteiger partial charge in [-0.1, -0.05) is 29.8 Å². The van der Waals surface area contributed by atoms with Crippen LogP contribution < -0.4 is 9.86 Å². The minimum absolute atomic E-state index is 0.216. The highest BCUT2D eigenvalue weighted by Crippen LogP contribution is 2.24. The number of halogens is 1. The van der Waals surface area contributed by atoms with Crippen LogP contribution >= 0.6 is 0 Å². The molecule has 0 radical (unpaired) electrons. The zero-order valence-corrected chi connectivity index (χ0v) is 18.8. The van der Waals surface area contributed by atoms with Crippen molar-refractivity contribution in [2.75, 3.05) is 0 Å². The van der Waals surface area contributed by atoms with Crippen molar-refractivity contribution in [2.45, 2.75) is 20.4 Å². The van der Waals surface area contributed by atoms with Crippen LogP contribution in [0.3, 0.4) is 0 Å². The second kappa shape index (κ2) is 9.90. The second-order valence-corrected chi connectivity index (χ2v) is 8.81. The third-order valence-electron chi connectivity index (χ3n) is 4.73. The quantitative estimate of drug-likeness (QED) is 0.412. The van der Waals surface area contributed by atoms with Crippen LogP contribution in [0.2, 0.25) is 0 Å². The van der Waals surface area contributed by atoms with Gasteiger partial charge in [-0.25, -0.2) is 19.0 Å². The lowest BCUT2D eigenvalue weighted by atomic mass is 10.1. The first-order valence-corrected chi connectivity index (χ1v) is 11.4. The first-order chi connectivity index (χ1) is 15.5. The summed E-state index contributed by atoms with van der Waals surface area (Å²) in [5.41, 5.74) is 4.45. The highest BCUT2D eigenvalue weighted by molar-refractivity contribution is 7.87. The molecular weight excluding hydrogens is 447 g/mol. The van der Waals surface area contributed by atoms with Crippen LogP contribution in [0, 0.1) is 19.7 Å². The molecule has 0 amide bonds. The summed E-state index contributed by atoms with van der Waals surface area (Å²) in [6.07, 6.45) is 1.52. The Labute approximate surface area is 190 Å². The molecule has 4 rings (SSSR count). The van der Waals surface area contributed by atoms with Crippen LogP contribution in [0.5, 0.6) is 0 Å². The van der Waals surface area contributed by atoms with E-state index < -0.39 is 16.2 Å². The molecule has 0 bridgehead atoms. The molecule has 0 fully saturated rings. The summed E-state index contributed by atoms with van der Waals surface area (Å²) in [5, 5.41) is 18.8. The van der Waals surface area contributed by atoms with Gasteiger partial charge in [0.1, 0.15) is 5.82 Å². The molecule has 0 atom stereocenters. The fourth-order valence-electron chi connectivity index (χ4n) is 3.12. The van der Waals surface area contributed by atoms with Gasteiger partial charge in [0.25, 0.3) is 10.2 Å². The number of benzene rings is 3. The molecule has 4 aromatic rings. The van der Waals surface area contributed by atoms with E-state index in [1.807, 2.05) is 44.2 Å². The summed E-state index contributed by atoms with van der Waals surface area (Å²) in [6, 6.07) is 16.9. The molecule has 4 N–H and O–H groups in total. The van der Waals surface area contributed by atoms with Crippen LogP contribution in [0.1, 0.15) is 27.0 Å². The van der Waals surface area contributed by atoms with Gasteiger partial charge in [-0.2, -0.15) is 18.2 Å². The summed E-state index contributed by atoms with van der Waals surface area (Å²) in [6.45, 7) is 4.03. The molecule has 0 unspecified atom stereocenters. The summed E-state index contributed by atoms with van der Waals surface area (Å²) < 4.78 is 37.9. The zero-order valence-electron chi connectivity index (χ0n) is 18.0. The van der Waals surface area contributed by atoms with E-state index >= 15 is 0 Å². The average Bonchev–Trinajstić information content (AvgIpc) is 3.17. The van der Waals surface area contributed by atoms with Gasteiger partial charge in [0.2, 0.25) is 0 Å². The molecular formula is C23H23FN4O4S. The molecule has 0 aliphatic carbocycles. The first-order valence-electron chi connectivity index (χ1n) is 9.84. The molecule has 1 aromatic heterocycles. The highest BCUT2D eigenvalue weighted by atomic mass is 32.2. The topological polar surface area (TPSA) is 127 Å². The standard InChI is InChI=1S/C15H11FN2O2.C8H12N2O2S/c1-9-6-12(15(19)20)13-8-17-18(14(13)7-9)11-4-2-10(16)3-5-11;1-7-2-4-8(5-3-7)6-10-13(9,11)12/h2-8H,1H3,(H,19,20);2-5,10H,6H2,1H3,(H2,9,11,12). The van der Waals surface area contributed by atoms with Gasteiger partial charge in [0, 0.05) is 11.9 Å². The Balaban J connectivity index is 0.000000205. The monoisotopic (exact) mass is 470 g/mol. The lowest BCUT2D eigenvalue weighted by Crippen LogP contribution is -2.30. The Hall–Kier alpha value is -3.60. The van der Waals surface area contributed by atoms with Gasteiger partial charge in [-0.05, 0) is 61.4 Å². The number of aromatic nitrogens is 2. The maximum atomic E-state index is 13.0. The molecule has 0 spiro atoms. The van der Waals surface area contributed by atoms with Gasteiger partial charge in [0.15, 0.2) is 0 Å². The first kappa shape index (κ1) is 24.1. The summed E-state index contributed by atoms with van der Waals surface area (Å²) in [4.78, 5) is 11.3. The van der Waals surface area contributed by atoms with Gasteiger partial charge >= 0.3 is 5.97 Å². The van der Waals surface area contributed by atoms with Crippen molar-refractivity contribution in [1.29, 1.82) is 0 Å². The lowest BCUT2D eigenvalue weighted by molar-refractivity contribution is 0.0699. The Morgan fingerprint density at radius 1 is 1.06 bits per heavy atom. The maximum absolute atomic E-state index is 13.0. The van der Waals surface area contributed by atoms with E-state index in [1.165, 1.54) is 18.3 Å². The Morgan fingerprint density at radius 3 is 2.27 bits per heavy atom.